The number of hydrogen-bond acceptors (Lipinski definition) is 4. The molecule has 5 nitrogen and oxygen atoms in total. The summed E-state index contributed by atoms with van der Waals surface area (Å²) < 4.78 is 9.62. The highest BCUT2D eigenvalue weighted by Gasteiger charge is 2.16. The van der Waals surface area contributed by atoms with Crippen LogP contribution in [0.15, 0.2) is 16.5 Å². The first-order valence-electron chi connectivity index (χ1n) is 4.51. The number of carboxylic acid groups (broad SMARTS) is 1. The van der Waals surface area contributed by atoms with Crippen molar-refractivity contribution in [3.8, 4) is 0 Å². The lowest BCUT2D eigenvalue weighted by atomic mass is 10.2. The number of aromatic carboxylic acids is 1. The summed E-state index contributed by atoms with van der Waals surface area (Å²) >= 11 is 0. The van der Waals surface area contributed by atoms with Crippen LogP contribution >= 0.6 is 0 Å². The number of esters is 1. The van der Waals surface area contributed by atoms with Crippen molar-refractivity contribution in [2.45, 2.75) is 13.8 Å². The van der Waals surface area contributed by atoms with Gasteiger partial charge >= 0.3 is 11.9 Å². The molecule has 0 saturated carbocycles. The number of carboxylic acids is 1. The van der Waals surface area contributed by atoms with Gasteiger partial charge in [-0.15, -0.1) is 0 Å². The number of hydrogen-bond donors (Lipinski definition) is 1. The van der Waals surface area contributed by atoms with Crippen molar-refractivity contribution < 1.29 is 23.8 Å². The molecule has 0 aliphatic carbocycles. The number of ether oxygens (including phenoxy) is 1. The zero-order valence-corrected chi connectivity index (χ0v) is 8.52. The minimum absolute atomic E-state index is 0.0898. The molecule has 1 N–H and O–H groups in total. The molecule has 0 unspecified atom stereocenters. The van der Waals surface area contributed by atoms with Crippen molar-refractivity contribution in [3.05, 3.63) is 23.7 Å². The van der Waals surface area contributed by atoms with Gasteiger partial charge in [0.25, 0.3) is 0 Å². The van der Waals surface area contributed by atoms with Crippen molar-refractivity contribution >= 4 is 11.9 Å². The zero-order valence-electron chi connectivity index (χ0n) is 8.52. The average Bonchev–Trinajstić information content (AvgIpc) is 2.62. The second-order valence-corrected chi connectivity index (χ2v) is 3.46. The average molecular weight is 212 g/mol. The van der Waals surface area contributed by atoms with Gasteiger partial charge in [-0.2, -0.15) is 0 Å². The number of carbonyl (C=O) groups excluding carboxylic acids is 1. The van der Waals surface area contributed by atoms with E-state index in [-0.39, 0.29) is 24.0 Å². The molecular weight excluding hydrogens is 200 g/mol. The first kappa shape index (κ1) is 11.3. The molecule has 1 heterocycles. The van der Waals surface area contributed by atoms with Crippen LogP contribution < -0.4 is 0 Å². The van der Waals surface area contributed by atoms with Gasteiger partial charge < -0.3 is 14.3 Å². The van der Waals surface area contributed by atoms with E-state index < -0.39 is 11.9 Å². The van der Waals surface area contributed by atoms with Crippen LogP contribution in [0.4, 0.5) is 0 Å². The van der Waals surface area contributed by atoms with E-state index in [9.17, 15) is 9.59 Å². The van der Waals surface area contributed by atoms with Gasteiger partial charge in [0.05, 0.1) is 6.61 Å². The van der Waals surface area contributed by atoms with E-state index in [1.54, 1.807) is 0 Å². The molecule has 0 spiro atoms. The van der Waals surface area contributed by atoms with Crippen LogP contribution in [0.25, 0.3) is 0 Å². The predicted octanol–water partition coefficient (Wildman–Crippen LogP) is 1.79. The highest BCUT2D eigenvalue weighted by atomic mass is 16.5. The van der Waals surface area contributed by atoms with Gasteiger partial charge in [0, 0.05) is 0 Å². The fourth-order valence-electron chi connectivity index (χ4n) is 0.876. The lowest BCUT2D eigenvalue weighted by molar-refractivity contribution is 0.0418. The Balaban J connectivity index is 2.62. The van der Waals surface area contributed by atoms with Crippen LogP contribution in [-0.4, -0.2) is 23.7 Å². The maximum absolute atomic E-state index is 11.3. The molecule has 82 valence electrons. The maximum atomic E-state index is 11.3. The molecule has 1 aromatic rings. The van der Waals surface area contributed by atoms with Crippen molar-refractivity contribution in [2.75, 3.05) is 6.61 Å². The van der Waals surface area contributed by atoms with E-state index >= 15 is 0 Å². The molecule has 0 aliphatic rings. The summed E-state index contributed by atoms with van der Waals surface area (Å²) in [6.45, 7) is 4.08. The van der Waals surface area contributed by atoms with E-state index in [1.165, 1.54) is 12.1 Å². The first-order valence-corrected chi connectivity index (χ1v) is 4.51. The largest absolute Gasteiger partial charge is 0.475 e. The Morgan fingerprint density at radius 1 is 1.40 bits per heavy atom. The van der Waals surface area contributed by atoms with Crippen LogP contribution in [-0.2, 0) is 4.74 Å². The Morgan fingerprint density at radius 3 is 2.47 bits per heavy atom. The fraction of sp³-hybridized carbons (Fsp3) is 0.400. The number of carbonyl (C=O) groups is 2. The van der Waals surface area contributed by atoms with Gasteiger partial charge in [-0.3, -0.25) is 0 Å². The number of rotatable bonds is 4. The summed E-state index contributed by atoms with van der Waals surface area (Å²) in [7, 11) is 0. The second-order valence-electron chi connectivity index (χ2n) is 3.46. The first-order chi connectivity index (χ1) is 7.00. The van der Waals surface area contributed by atoms with E-state index in [4.69, 9.17) is 14.3 Å². The van der Waals surface area contributed by atoms with E-state index in [0.29, 0.717) is 0 Å². The SMILES string of the molecule is CC(C)COC(=O)c1ccc(C(=O)O)o1. The summed E-state index contributed by atoms with van der Waals surface area (Å²) in [5.74, 6) is -1.99. The maximum Gasteiger partial charge on any atom is 0.374 e. The molecule has 0 bridgehead atoms. The van der Waals surface area contributed by atoms with Crippen LogP contribution in [0.2, 0.25) is 0 Å². The third kappa shape index (κ3) is 3.12. The zero-order chi connectivity index (χ0) is 11.4. The molecule has 15 heavy (non-hydrogen) atoms. The Kier molecular flexibility index (Phi) is 3.49. The second kappa shape index (κ2) is 4.63. The summed E-state index contributed by atoms with van der Waals surface area (Å²) in [4.78, 5) is 21.7. The van der Waals surface area contributed by atoms with E-state index in [2.05, 4.69) is 0 Å². The van der Waals surface area contributed by atoms with Crippen molar-refractivity contribution in [1.29, 1.82) is 0 Å². The van der Waals surface area contributed by atoms with Crippen LogP contribution in [0.5, 0.6) is 0 Å². The number of furan rings is 1. The van der Waals surface area contributed by atoms with Crippen LogP contribution in [0.3, 0.4) is 0 Å². The van der Waals surface area contributed by atoms with Crippen molar-refractivity contribution in [1.82, 2.24) is 0 Å². The molecule has 0 radical (unpaired) electrons. The van der Waals surface area contributed by atoms with E-state index in [0.717, 1.165) is 0 Å². The monoisotopic (exact) mass is 212 g/mol. The van der Waals surface area contributed by atoms with E-state index in [1.807, 2.05) is 13.8 Å². The topological polar surface area (TPSA) is 76.7 Å². The lowest BCUT2D eigenvalue weighted by Gasteiger charge is -2.04. The van der Waals surface area contributed by atoms with Gasteiger partial charge in [-0.05, 0) is 18.1 Å². The third-order valence-corrected chi connectivity index (χ3v) is 1.57. The standard InChI is InChI=1S/C10H12O5/c1-6(2)5-14-10(13)8-4-3-7(15-8)9(11)12/h3-4,6H,5H2,1-2H3,(H,11,12). The molecule has 0 amide bonds. The minimum atomic E-state index is -1.21. The predicted molar refractivity (Wildman–Crippen MR) is 50.8 cm³/mol. The Bertz CT molecular complexity index is 364. The molecule has 0 aromatic carbocycles. The van der Waals surface area contributed by atoms with Gasteiger partial charge in [0.2, 0.25) is 11.5 Å². The highest BCUT2D eigenvalue weighted by Crippen LogP contribution is 2.09. The molecule has 0 saturated heterocycles. The quantitative estimate of drug-likeness (QED) is 0.770. The van der Waals surface area contributed by atoms with Gasteiger partial charge in [-0.25, -0.2) is 9.59 Å². The normalized spacial score (nSPS) is 10.3. The summed E-state index contributed by atoms with van der Waals surface area (Å²) in [5, 5.41) is 8.55. The molecule has 0 fully saturated rings. The minimum Gasteiger partial charge on any atom is -0.475 e. The molecule has 0 aliphatic heterocycles. The Morgan fingerprint density at radius 2 is 2.00 bits per heavy atom. The molecule has 1 rings (SSSR count). The summed E-state index contributed by atoms with van der Waals surface area (Å²) in [5.41, 5.74) is 0. The molecule has 1 aromatic heterocycles. The van der Waals surface area contributed by atoms with Crippen LogP contribution in [0.1, 0.15) is 35.0 Å². The summed E-state index contributed by atoms with van der Waals surface area (Å²) in [6.07, 6.45) is 0. The Hall–Kier alpha value is -1.78. The third-order valence-electron chi connectivity index (χ3n) is 1.57. The van der Waals surface area contributed by atoms with Crippen molar-refractivity contribution in [2.24, 2.45) is 5.92 Å². The molecular formula is C10H12O5. The van der Waals surface area contributed by atoms with Crippen molar-refractivity contribution in [3.63, 3.8) is 0 Å². The van der Waals surface area contributed by atoms with Crippen LogP contribution in [0, 0.1) is 5.92 Å². The smallest absolute Gasteiger partial charge is 0.374 e. The highest BCUT2D eigenvalue weighted by molar-refractivity contribution is 5.89. The summed E-state index contributed by atoms with van der Waals surface area (Å²) in [6, 6.07) is 2.50. The van der Waals surface area contributed by atoms with Gasteiger partial charge in [0.1, 0.15) is 0 Å². The molecule has 0 atom stereocenters. The van der Waals surface area contributed by atoms with Gasteiger partial charge in [-0.1, -0.05) is 13.8 Å². The molecule has 5 heteroatoms. The van der Waals surface area contributed by atoms with Gasteiger partial charge in [0.15, 0.2) is 0 Å². The Labute approximate surface area is 86.6 Å². The lowest BCUT2D eigenvalue weighted by Crippen LogP contribution is -2.09. The fourth-order valence-corrected chi connectivity index (χ4v) is 0.876.